The van der Waals surface area contributed by atoms with E-state index in [1.54, 1.807) is 31.4 Å². The average Bonchev–Trinajstić information content (AvgIpc) is 2.16. The Bertz CT molecular complexity index is 276. The number of alkyl halides is 2. The molecule has 1 atom stereocenters. The van der Waals surface area contributed by atoms with Gasteiger partial charge in [-0.1, -0.05) is 12.1 Å². The highest BCUT2D eigenvalue weighted by Crippen LogP contribution is 2.26. The van der Waals surface area contributed by atoms with Crippen molar-refractivity contribution >= 4 is 23.2 Å². The first kappa shape index (κ1) is 10.6. The van der Waals surface area contributed by atoms with Gasteiger partial charge >= 0.3 is 0 Å². The molecule has 0 amide bonds. The third-order valence-electron chi connectivity index (χ3n) is 1.67. The second kappa shape index (κ2) is 4.70. The molecule has 0 spiro atoms. The molecule has 4 heteroatoms. The minimum atomic E-state index is -0.876. The zero-order chi connectivity index (χ0) is 9.84. The molecule has 0 saturated carbocycles. The van der Waals surface area contributed by atoms with Gasteiger partial charge in [-0.3, -0.25) is 0 Å². The van der Waals surface area contributed by atoms with E-state index >= 15 is 0 Å². The molecule has 0 aromatic heterocycles. The van der Waals surface area contributed by atoms with Gasteiger partial charge < -0.3 is 9.84 Å². The monoisotopic (exact) mass is 220 g/mol. The fourth-order valence-electron chi connectivity index (χ4n) is 0.971. The van der Waals surface area contributed by atoms with Crippen LogP contribution < -0.4 is 4.74 Å². The summed E-state index contributed by atoms with van der Waals surface area (Å²) in [5.74, 6) is 0.672. The Hall–Kier alpha value is -0.440. The zero-order valence-electron chi connectivity index (χ0n) is 7.08. The zero-order valence-corrected chi connectivity index (χ0v) is 8.59. The summed E-state index contributed by atoms with van der Waals surface area (Å²) in [5.41, 5.74) is 0.648. The summed E-state index contributed by atoms with van der Waals surface area (Å²) >= 11 is 11.1. The molecule has 0 bridgehead atoms. The molecule has 0 unspecified atom stereocenters. The lowest BCUT2D eigenvalue weighted by atomic mass is 10.1. The molecule has 0 heterocycles. The van der Waals surface area contributed by atoms with Crippen LogP contribution in [0.4, 0.5) is 0 Å². The van der Waals surface area contributed by atoms with Gasteiger partial charge in [0.05, 0.1) is 7.11 Å². The van der Waals surface area contributed by atoms with E-state index in [0.717, 1.165) is 0 Å². The lowest BCUT2D eigenvalue weighted by Gasteiger charge is -2.12. The van der Waals surface area contributed by atoms with E-state index < -0.39 is 10.9 Å². The Morgan fingerprint density at radius 2 is 2.08 bits per heavy atom. The number of hydrogen-bond acceptors (Lipinski definition) is 2. The Morgan fingerprint density at radius 1 is 1.38 bits per heavy atom. The fourth-order valence-corrected chi connectivity index (χ4v) is 1.26. The van der Waals surface area contributed by atoms with Gasteiger partial charge in [0.1, 0.15) is 16.7 Å². The fraction of sp³-hybridized carbons (Fsp3) is 0.333. The van der Waals surface area contributed by atoms with Crippen molar-refractivity contribution in [3.63, 3.8) is 0 Å². The van der Waals surface area contributed by atoms with Crippen LogP contribution in [0, 0.1) is 0 Å². The van der Waals surface area contributed by atoms with Crippen LogP contribution in [-0.4, -0.2) is 17.1 Å². The van der Waals surface area contributed by atoms with Crippen molar-refractivity contribution in [2.24, 2.45) is 0 Å². The van der Waals surface area contributed by atoms with Gasteiger partial charge in [0.25, 0.3) is 0 Å². The van der Waals surface area contributed by atoms with Crippen LogP contribution in [0.5, 0.6) is 5.75 Å². The summed E-state index contributed by atoms with van der Waals surface area (Å²) in [5, 5.41) is 9.50. The largest absolute Gasteiger partial charge is 0.497 e. The number of ether oxygens (including phenoxy) is 1. The molecule has 1 rings (SSSR count). The lowest BCUT2D eigenvalue weighted by Crippen LogP contribution is -2.05. The van der Waals surface area contributed by atoms with Gasteiger partial charge in [-0.2, -0.15) is 0 Å². The molecular formula is C9H10Cl2O2. The number of methoxy groups -OCH3 is 1. The molecule has 1 N–H and O–H groups in total. The normalized spacial score (nSPS) is 13.0. The second-order valence-electron chi connectivity index (χ2n) is 2.56. The van der Waals surface area contributed by atoms with Crippen molar-refractivity contribution < 1.29 is 9.84 Å². The van der Waals surface area contributed by atoms with Crippen LogP contribution in [0.3, 0.4) is 0 Å². The first-order valence-corrected chi connectivity index (χ1v) is 4.62. The highest BCUT2D eigenvalue weighted by molar-refractivity contribution is 6.44. The minimum Gasteiger partial charge on any atom is -0.497 e. The quantitative estimate of drug-likeness (QED) is 0.794. The Balaban J connectivity index is 2.88. The molecule has 13 heavy (non-hydrogen) atoms. The summed E-state index contributed by atoms with van der Waals surface area (Å²) in [6.45, 7) is 0. The smallest absolute Gasteiger partial charge is 0.137 e. The molecule has 0 aliphatic carbocycles. The van der Waals surface area contributed by atoms with Crippen LogP contribution >= 0.6 is 23.2 Å². The van der Waals surface area contributed by atoms with Crippen molar-refractivity contribution in [1.82, 2.24) is 0 Å². The molecule has 0 aliphatic heterocycles. The van der Waals surface area contributed by atoms with E-state index in [2.05, 4.69) is 0 Å². The number of halogens is 2. The Labute approximate surface area is 87.0 Å². The van der Waals surface area contributed by atoms with Crippen molar-refractivity contribution in [2.75, 3.05) is 7.11 Å². The molecule has 2 nitrogen and oxygen atoms in total. The molecule has 72 valence electrons. The number of rotatable bonds is 3. The number of aliphatic hydroxyl groups excluding tert-OH is 1. The van der Waals surface area contributed by atoms with Gasteiger partial charge in [-0.05, 0) is 17.7 Å². The molecule has 0 aliphatic rings. The molecular weight excluding hydrogens is 211 g/mol. The van der Waals surface area contributed by atoms with Crippen LogP contribution in [-0.2, 0) is 0 Å². The molecule has 1 aromatic carbocycles. The predicted octanol–water partition coefficient (Wildman–Crippen LogP) is 2.53. The lowest BCUT2D eigenvalue weighted by molar-refractivity contribution is 0.192. The van der Waals surface area contributed by atoms with Gasteiger partial charge in [-0.25, -0.2) is 0 Å². The number of aliphatic hydroxyl groups is 1. The Kier molecular flexibility index (Phi) is 3.85. The van der Waals surface area contributed by atoms with E-state index in [9.17, 15) is 5.11 Å². The molecule has 0 radical (unpaired) electrons. The van der Waals surface area contributed by atoms with Gasteiger partial charge in [0.2, 0.25) is 0 Å². The summed E-state index contributed by atoms with van der Waals surface area (Å²) in [4.78, 5) is -0.827. The summed E-state index contributed by atoms with van der Waals surface area (Å²) in [7, 11) is 1.56. The molecule has 1 aromatic rings. The number of benzene rings is 1. The van der Waals surface area contributed by atoms with E-state index in [0.29, 0.717) is 11.3 Å². The molecule has 0 saturated heterocycles. The standard InChI is InChI=1S/C9H10Cl2O2/c1-13-7-4-2-3-6(5-7)8(12)9(10)11/h2-5,8-9,12H,1H3/t8-/m0/s1. The first-order chi connectivity index (χ1) is 6.15. The van der Waals surface area contributed by atoms with Crippen molar-refractivity contribution in [1.29, 1.82) is 0 Å². The average molecular weight is 221 g/mol. The minimum absolute atomic E-state index is 0.648. The third-order valence-corrected chi connectivity index (χ3v) is 2.15. The van der Waals surface area contributed by atoms with Crippen LogP contribution in [0.15, 0.2) is 24.3 Å². The topological polar surface area (TPSA) is 29.5 Å². The SMILES string of the molecule is COc1cccc([C@H](O)C(Cl)Cl)c1. The highest BCUT2D eigenvalue weighted by atomic mass is 35.5. The summed E-state index contributed by atoms with van der Waals surface area (Å²) in [6.07, 6.45) is -0.876. The summed E-state index contributed by atoms with van der Waals surface area (Å²) in [6, 6.07) is 6.99. The highest BCUT2D eigenvalue weighted by Gasteiger charge is 2.15. The van der Waals surface area contributed by atoms with Crippen LogP contribution in [0.2, 0.25) is 0 Å². The van der Waals surface area contributed by atoms with E-state index in [4.69, 9.17) is 27.9 Å². The van der Waals surface area contributed by atoms with E-state index in [-0.39, 0.29) is 0 Å². The maximum absolute atomic E-state index is 9.50. The first-order valence-electron chi connectivity index (χ1n) is 3.75. The van der Waals surface area contributed by atoms with Crippen LogP contribution in [0.1, 0.15) is 11.7 Å². The second-order valence-corrected chi connectivity index (χ2v) is 3.72. The van der Waals surface area contributed by atoms with E-state index in [1.165, 1.54) is 0 Å². The summed E-state index contributed by atoms with van der Waals surface area (Å²) < 4.78 is 4.99. The number of hydrogen-bond donors (Lipinski definition) is 1. The van der Waals surface area contributed by atoms with Crippen molar-refractivity contribution in [2.45, 2.75) is 10.9 Å². The van der Waals surface area contributed by atoms with E-state index in [1.807, 2.05) is 0 Å². The van der Waals surface area contributed by atoms with Gasteiger partial charge in [0.15, 0.2) is 0 Å². The van der Waals surface area contributed by atoms with Gasteiger partial charge in [0, 0.05) is 0 Å². The Morgan fingerprint density at radius 3 is 2.62 bits per heavy atom. The van der Waals surface area contributed by atoms with Crippen LogP contribution in [0.25, 0.3) is 0 Å². The molecule has 0 fully saturated rings. The third kappa shape index (κ3) is 2.76. The van der Waals surface area contributed by atoms with Crippen molar-refractivity contribution in [3.05, 3.63) is 29.8 Å². The maximum Gasteiger partial charge on any atom is 0.137 e. The van der Waals surface area contributed by atoms with Crippen molar-refractivity contribution in [3.8, 4) is 5.75 Å². The predicted molar refractivity (Wildman–Crippen MR) is 53.4 cm³/mol. The van der Waals surface area contributed by atoms with Gasteiger partial charge in [-0.15, -0.1) is 23.2 Å². The maximum atomic E-state index is 9.50.